The summed E-state index contributed by atoms with van der Waals surface area (Å²) in [6.07, 6.45) is 7.43. The predicted octanol–water partition coefficient (Wildman–Crippen LogP) is 2.77. The molecule has 1 heterocycles. The van der Waals surface area contributed by atoms with E-state index < -0.39 is 0 Å². The molecule has 2 nitrogen and oxygen atoms in total. The maximum atomic E-state index is 13.3. The van der Waals surface area contributed by atoms with Crippen LogP contribution in [0.15, 0.2) is 18.5 Å². The number of fused-ring (bicyclic) bond motifs is 5. The molecule has 18 heavy (non-hydrogen) atoms. The van der Waals surface area contributed by atoms with Crippen LogP contribution in [0.4, 0.5) is 4.39 Å². The summed E-state index contributed by atoms with van der Waals surface area (Å²) in [5, 5.41) is 3.40. The number of hydrogen-bond acceptors (Lipinski definition) is 2. The molecule has 0 saturated heterocycles. The SMILES string of the molecule is CNC(c1cncc(F)c1)C1C2C3CCC(C3)C21. The Morgan fingerprint density at radius 2 is 2.00 bits per heavy atom. The number of hydrogen-bond donors (Lipinski definition) is 1. The topological polar surface area (TPSA) is 24.9 Å². The highest BCUT2D eigenvalue weighted by molar-refractivity contribution is 5.24. The summed E-state index contributed by atoms with van der Waals surface area (Å²) >= 11 is 0. The minimum Gasteiger partial charge on any atom is -0.313 e. The zero-order valence-corrected chi connectivity index (χ0v) is 10.6. The summed E-state index contributed by atoms with van der Waals surface area (Å²) in [6, 6.07) is 1.94. The fraction of sp³-hybridized carbons (Fsp3) is 0.667. The number of pyridine rings is 1. The van der Waals surface area contributed by atoms with Gasteiger partial charge in [-0.05, 0) is 67.5 Å². The Bertz CT molecular complexity index is 459. The molecule has 3 saturated carbocycles. The number of rotatable bonds is 3. The number of nitrogens with zero attached hydrogens (tertiary/aromatic N) is 1. The van der Waals surface area contributed by atoms with Gasteiger partial charge in [0.2, 0.25) is 0 Å². The van der Waals surface area contributed by atoms with Gasteiger partial charge in [-0.25, -0.2) is 4.39 Å². The van der Waals surface area contributed by atoms with Gasteiger partial charge in [0, 0.05) is 12.2 Å². The Labute approximate surface area is 107 Å². The Hall–Kier alpha value is -0.960. The summed E-state index contributed by atoms with van der Waals surface area (Å²) in [5.74, 6) is 4.24. The first-order valence-corrected chi connectivity index (χ1v) is 7.07. The van der Waals surface area contributed by atoms with Crippen molar-refractivity contribution in [3.63, 3.8) is 0 Å². The van der Waals surface area contributed by atoms with Crippen molar-refractivity contribution in [3.05, 3.63) is 29.8 Å². The van der Waals surface area contributed by atoms with E-state index in [0.29, 0.717) is 6.04 Å². The van der Waals surface area contributed by atoms with Gasteiger partial charge in [0.1, 0.15) is 5.82 Å². The first-order valence-electron chi connectivity index (χ1n) is 7.07. The zero-order valence-electron chi connectivity index (χ0n) is 10.6. The maximum Gasteiger partial charge on any atom is 0.141 e. The van der Waals surface area contributed by atoms with Crippen LogP contribution in [0.5, 0.6) is 0 Å². The van der Waals surface area contributed by atoms with E-state index >= 15 is 0 Å². The fourth-order valence-electron chi connectivity index (χ4n) is 5.02. The number of halogens is 1. The van der Waals surface area contributed by atoms with Crippen molar-refractivity contribution in [2.45, 2.75) is 25.3 Å². The van der Waals surface area contributed by atoms with E-state index in [9.17, 15) is 4.39 Å². The molecule has 1 aromatic heterocycles. The summed E-state index contributed by atoms with van der Waals surface area (Å²) < 4.78 is 13.3. The molecule has 0 radical (unpaired) electrons. The second kappa shape index (κ2) is 3.77. The van der Waals surface area contributed by atoms with E-state index in [0.717, 1.165) is 35.2 Å². The Morgan fingerprint density at radius 3 is 2.61 bits per heavy atom. The van der Waals surface area contributed by atoms with Crippen molar-refractivity contribution in [1.29, 1.82) is 0 Å². The standard InChI is InChI=1S/C15H19FN2/c1-17-15(10-5-11(16)7-18-6-10)14-12-8-2-3-9(4-8)13(12)14/h5-9,12-15,17H,2-4H2,1H3. The molecule has 0 aliphatic heterocycles. The van der Waals surface area contributed by atoms with Crippen LogP contribution < -0.4 is 5.32 Å². The first kappa shape index (κ1) is 10.9. The van der Waals surface area contributed by atoms with Gasteiger partial charge in [0.05, 0.1) is 6.20 Å². The Kier molecular flexibility index (Phi) is 2.28. The molecule has 0 amide bonds. The molecule has 5 atom stereocenters. The van der Waals surface area contributed by atoms with Crippen molar-refractivity contribution < 1.29 is 4.39 Å². The lowest BCUT2D eigenvalue weighted by Crippen LogP contribution is -2.22. The van der Waals surface area contributed by atoms with Gasteiger partial charge < -0.3 is 5.32 Å². The highest BCUT2D eigenvalue weighted by atomic mass is 19.1. The van der Waals surface area contributed by atoms with Crippen LogP contribution in [0.1, 0.15) is 30.9 Å². The fourth-order valence-corrected chi connectivity index (χ4v) is 5.02. The lowest BCUT2D eigenvalue weighted by Gasteiger charge is -2.20. The van der Waals surface area contributed by atoms with E-state index in [2.05, 4.69) is 10.3 Å². The Morgan fingerprint density at radius 1 is 1.28 bits per heavy atom. The normalized spacial score (nSPS) is 41.8. The molecule has 1 aromatic rings. The monoisotopic (exact) mass is 246 g/mol. The molecule has 3 aliphatic rings. The van der Waals surface area contributed by atoms with E-state index in [1.807, 2.05) is 13.2 Å². The molecular formula is C15H19FN2. The van der Waals surface area contributed by atoms with E-state index in [1.165, 1.54) is 25.5 Å². The highest BCUT2D eigenvalue weighted by Gasteiger charge is 2.66. The van der Waals surface area contributed by atoms with Gasteiger partial charge in [-0.1, -0.05) is 0 Å². The highest BCUT2D eigenvalue weighted by Crippen LogP contribution is 2.72. The van der Waals surface area contributed by atoms with Crippen LogP contribution in [-0.2, 0) is 0 Å². The average molecular weight is 246 g/mol. The molecule has 96 valence electrons. The summed E-state index contributed by atoms with van der Waals surface area (Å²) in [4.78, 5) is 4.00. The van der Waals surface area contributed by atoms with Crippen molar-refractivity contribution >= 4 is 0 Å². The molecule has 2 bridgehead atoms. The third kappa shape index (κ3) is 1.40. The molecule has 0 aromatic carbocycles. The first-order chi connectivity index (χ1) is 8.79. The summed E-state index contributed by atoms with van der Waals surface area (Å²) in [5.41, 5.74) is 1.02. The van der Waals surface area contributed by atoms with Crippen LogP contribution in [0.3, 0.4) is 0 Å². The van der Waals surface area contributed by atoms with Crippen LogP contribution in [0.2, 0.25) is 0 Å². The van der Waals surface area contributed by atoms with Gasteiger partial charge in [-0.15, -0.1) is 0 Å². The second-order valence-corrected chi connectivity index (χ2v) is 6.27. The van der Waals surface area contributed by atoms with Gasteiger partial charge in [0.15, 0.2) is 0 Å². The third-order valence-electron chi connectivity index (χ3n) is 5.58. The van der Waals surface area contributed by atoms with E-state index in [-0.39, 0.29) is 5.82 Å². The van der Waals surface area contributed by atoms with E-state index in [4.69, 9.17) is 0 Å². The molecule has 4 rings (SSSR count). The molecule has 3 fully saturated rings. The summed E-state index contributed by atoms with van der Waals surface area (Å²) in [7, 11) is 1.99. The molecule has 3 aliphatic carbocycles. The van der Waals surface area contributed by atoms with Gasteiger partial charge in [-0.2, -0.15) is 0 Å². The van der Waals surface area contributed by atoms with Gasteiger partial charge in [-0.3, -0.25) is 4.98 Å². The molecule has 5 unspecified atom stereocenters. The van der Waals surface area contributed by atoms with Crippen LogP contribution in [0, 0.1) is 35.4 Å². The molecule has 1 N–H and O–H groups in total. The minimum absolute atomic E-state index is 0.221. The maximum absolute atomic E-state index is 13.3. The zero-order chi connectivity index (χ0) is 12.3. The number of nitrogens with one attached hydrogen (secondary N) is 1. The van der Waals surface area contributed by atoms with Crippen LogP contribution in [0.25, 0.3) is 0 Å². The second-order valence-electron chi connectivity index (χ2n) is 6.27. The van der Waals surface area contributed by atoms with Gasteiger partial charge >= 0.3 is 0 Å². The average Bonchev–Trinajstić information content (AvgIpc) is 2.80. The molecule has 3 heteroatoms. The largest absolute Gasteiger partial charge is 0.313 e. The van der Waals surface area contributed by atoms with Gasteiger partial charge in [0.25, 0.3) is 0 Å². The Balaban J connectivity index is 1.60. The smallest absolute Gasteiger partial charge is 0.141 e. The number of aromatic nitrogens is 1. The predicted molar refractivity (Wildman–Crippen MR) is 67.3 cm³/mol. The van der Waals surface area contributed by atoms with Crippen LogP contribution in [-0.4, -0.2) is 12.0 Å². The lowest BCUT2D eigenvalue weighted by atomic mass is 9.94. The van der Waals surface area contributed by atoms with Crippen molar-refractivity contribution in [1.82, 2.24) is 10.3 Å². The third-order valence-corrected chi connectivity index (χ3v) is 5.58. The van der Waals surface area contributed by atoms with Crippen molar-refractivity contribution in [2.24, 2.45) is 29.6 Å². The minimum atomic E-state index is -0.221. The quantitative estimate of drug-likeness (QED) is 0.887. The van der Waals surface area contributed by atoms with Crippen molar-refractivity contribution in [3.8, 4) is 0 Å². The molecular weight excluding hydrogens is 227 g/mol. The van der Waals surface area contributed by atoms with Crippen molar-refractivity contribution in [2.75, 3.05) is 7.05 Å². The lowest BCUT2D eigenvalue weighted by molar-refractivity contribution is 0.384. The molecule has 0 spiro atoms. The summed E-state index contributed by atoms with van der Waals surface area (Å²) in [6.45, 7) is 0. The van der Waals surface area contributed by atoms with Crippen LogP contribution >= 0.6 is 0 Å². The van der Waals surface area contributed by atoms with E-state index in [1.54, 1.807) is 6.07 Å².